The van der Waals surface area contributed by atoms with E-state index < -0.39 is 0 Å². The standard InChI is InChI=1S/C15H18Cl3NO/c16-9-10-19(11-5-2-1-3-6-11)15(20)12-7-4-8-13(17)14(12)18/h4,7-8,11H,1-3,5-6,9-10H2. The molecule has 0 aromatic heterocycles. The quantitative estimate of drug-likeness (QED) is 0.709. The molecule has 1 fully saturated rings. The van der Waals surface area contributed by atoms with E-state index in [1.165, 1.54) is 19.3 Å². The second-order valence-electron chi connectivity index (χ2n) is 5.08. The summed E-state index contributed by atoms with van der Waals surface area (Å²) in [5, 5.41) is 0.738. The van der Waals surface area contributed by atoms with Gasteiger partial charge < -0.3 is 4.90 Å². The van der Waals surface area contributed by atoms with Crippen molar-refractivity contribution >= 4 is 40.7 Å². The Bertz CT molecular complexity index is 472. The molecular weight excluding hydrogens is 317 g/mol. The van der Waals surface area contributed by atoms with E-state index in [0.29, 0.717) is 28.0 Å². The van der Waals surface area contributed by atoms with Gasteiger partial charge in [-0.05, 0) is 25.0 Å². The first-order chi connectivity index (χ1) is 9.65. The van der Waals surface area contributed by atoms with Gasteiger partial charge in [0.15, 0.2) is 0 Å². The Morgan fingerprint density at radius 1 is 1.20 bits per heavy atom. The third kappa shape index (κ3) is 3.60. The molecule has 1 amide bonds. The lowest BCUT2D eigenvalue weighted by Crippen LogP contribution is -2.42. The Labute approximate surface area is 135 Å². The number of benzene rings is 1. The fraction of sp³-hybridized carbons (Fsp3) is 0.533. The Morgan fingerprint density at radius 2 is 1.90 bits per heavy atom. The number of carbonyl (C=O) groups excluding carboxylic acids is 1. The first-order valence-corrected chi connectivity index (χ1v) is 8.25. The Hall–Kier alpha value is -0.440. The van der Waals surface area contributed by atoms with E-state index in [-0.39, 0.29) is 11.9 Å². The first kappa shape index (κ1) is 15.9. The number of carbonyl (C=O) groups is 1. The van der Waals surface area contributed by atoms with Crippen LogP contribution in [0.1, 0.15) is 42.5 Å². The van der Waals surface area contributed by atoms with Gasteiger partial charge in [0.1, 0.15) is 0 Å². The smallest absolute Gasteiger partial charge is 0.255 e. The van der Waals surface area contributed by atoms with Crippen LogP contribution in [0.3, 0.4) is 0 Å². The molecule has 1 aromatic rings. The molecule has 0 N–H and O–H groups in total. The van der Waals surface area contributed by atoms with Crippen LogP contribution in [0.25, 0.3) is 0 Å². The van der Waals surface area contributed by atoms with Crippen molar-refractivity contribution in [3.8, 4) is 0 Å². The number of hydrogen-bond donors (Lipinski definition) is 0. The van der Waals surface area contributed by atoms with E-state index in [9.17, 15) is 4.79 Å². The molecule has 0 atom stereocenters. The van der Waals surface area contributed by atoms with Crippen molar-refractivity contribution in [3.63, 3.8) is 0 Å². The van der Waals surface area contributed by atoms with E-state index >= 15 is 0 Å². The summed E-state index contributed by atoms with van der Waals surface area (Å²) in [7, 11) is 0. The van der Waals surface area contributed by atoms with Crippen LogP contribution in [0.2, 0.25) is 10.0 Å². The van der Waals surface area contributed by atoms with Crippen LogP contribution in [0.4, 0.5) is 0 Å². The fourth-order valence-electron chi connectivity index (χ4n) is 2.76. The molecule has 1 aliphatic carbocycles. The third-order valence-electron chi connectivity index (χ3n) is 3.78. The molecule has 20 heavy (non-hydrogen) atoms. The maximum atomic E-state index is 12.7. The monoisotopic (exact) mass is 333 g/mol. The first-order valence-electron chi connectivity index (χ1n) is 6.96. The predicted molar refractivity (Wildman–Crippen MR) is 85.1 cm³/mol. The summed E-state index contributed by atoms with van der Waals surface area (Å²) >= 11 is 18.0. The second kappa shape index (κ2) is 7.53. The zero-order valence-corrected chi connectivity index (χ0v) is 13.5. The molecular formula is C15H18Cl3NO. The summed E-state index contributed by atoms with van der Waals surface area (Å²) in [6.45, 7) is 0.550. The summed E-state index contributed by atoms with van der Waals surface area (Å²) in [5.41, 5.74) is 0.467. The van der Waals surface area contributed by atoms with Crippen LogP contribution in [-0.4, -0.2) is 29.3 Å². The highest BCUT2D eigenvalue weighted by molar-refractivity contribution is 6.43. The topological polar surface area (TPSA) is 20.3 Å². The molecule has 0 bridgehead atoms. The lowest BCUT2D eigenvalue weighted by atomic mass is 9.93. The van der Waals surface area contributed by atoms with Crippen LogP contribution >= 0.6 is 34.8 Å². The van der Waals surface area contributed by atoms with Crippen LogP contribution in [0.5, 0.6) is 0 Å². The third-order valence-corrected chi connectivity index (χ3v) is 4.77. The van der Waals surface area contributed by atoms with Crippen molar-refractivity contribution in [2.75, 3.05) is 12.4 Å². The Morgan fingerprint density at radius 3 is 2.55 bits per heavy atom. The van der Waals surface area contributed by atoms with Crippen LogP contribution in [0.15, 0.2) is 18.2 Å². The summed E-state index contributed by atoms with van der Waals surface area (Å²) in [5.74, 6) is 0.366. The van der Waals surface area contributed by atoms with E-state index in [4.69, 9.17) is 34.8 Å². The highest BCUT2D eigenvalue weighted by Gasteiger charge is 2.27. The molecule has 0 aliphatic heterocycles. The van der Waals surface area contributed by atoms with Crippen molar-refractivity contribution in [1.82, 2.24) is 4.90 Å². The van der Waals surface area contributed by atoms with Crippen LogP contribution in [0, 0.1) is 0 Å². The van der Waals surface area contributed by atoms with E-state index in [0.717, 1.165) is 12.8 Å². The molecule has 0 radical (unpaired) electrons. The summed E-state index contributed by atoms with van der Waals surface area (Å²) in [6.07, 6.45) is 5.67. The molecule has 2 nitrogen and oxygen atoms in total. The lowest BCUT2D eigenvalue weighted by molar-refractivity contribution is 0.0650. The molecule has 110 valence electrons. The van der Waals surface area contributed by atoms with E-state index in [1.54, 1.807) is 18.2 Å². The van der Waals surface area contributed by atoms with Crippen LogP contribution < -0.4 is 0 Å². The van der Waals surface area contributed by atoms with Gasteiger partial charge in [-0.15, -0.1) is 11.6 Å². The number of rotatable bonds is 4. The number of amides is 1. The molecule has 1 aliphatic rings. The van der Waals surface area contributed by atoms with Gasteiger partial charge in [0.25, 0.3) is 5.91 Å². The highest BCUT2D eigenvalue weighted by Crippen LogP contribution is 2.29. The lowest BCUT2D eigenvalue weighted by Gasteiger charge is -2.34. The maximum Gasteiger partial charge on any atom is 0.255 e. The average molecular weight is 335 g/mol. The number of alkyl halides is 1. The molecule has 0 saturated heterocycles. The molecule has 1 saturated carbocycles. The van der Waals surface area contributed by atoms with Gasteiger partial charge in [-0.3, -0.25) is 4.79 Å². The minimum absolute atomic E-state index is 0.0648. The van der Waals surface area contributed by atoms with Gasteiger partial charge in [-0.25, -0.2) is 0 Å². The Kier molecular flexibility index (Phi) is 6.01. The number of nitrogens with zero attached hydrogens (tertiary/aromatic N) is 1. The van der Waals surface area contributed by atoms with Gasteiger partial charge in [0.2, 0.25) is 0 Å². The van der Waals surface area contributed by atoms with Crippen LogP contribution in [-0.2, 0) is 0 Å². The zero-order chi connectivity index (χ0) is 14.5. The summed E-state index contributed by atoms with van der Waals surface area (Å²) in [4.78, 5) is 14.6. The second-order valence-corrected chi connectivity index (χ2v) is 6.24. The minimum Gasteiger partial charge on any atom is -0.334 e. The van der Waals surface area contributed by atoms with E-state index in [1.807, 2.05) is 4.90 Å². The zero-order valence-electron chi connectivity index (χ0n) is 11.2. The maximum absolute atomic E-state index is 12.7. The van der Waals surface area contributed by atoms with Crippen molar-refractivity contribution in [1.29, 1.82) is 0 Å². The number of hydrogen-bond acceptors (Lipinski definition) is 1. The summed E-state index contributed by atoms with van der Waals surface area (Å²) in [6, 6.07) is 5.43. The predicted octanol–water partition coefficient (Wildman–Crippen LogP) is 5.01. The molecule has 0 unspecified atom stereocenters. The van der Waals surface area contributed by atoms with Gasteiger partial charge in [-0.2, -0.15) is 0 Å². The van der Waals surface area contributed by atoms with Gasteiger partial charge in [0, 0.05) is 18.5 Å². The van der Waals surface area contributed by atoms with Crippen molar-refractivity contribution in [2.45, 2.75) is 38.1 Å². The molecule has 2 rings (SSSR count). The highest BCUT2D eigenvalue weighted by atomic mass is 35.5. The normalized spacial score (nSPS) is 16.1. The molecule has 5 heteroatoms. The minimum atomic E-state index is -0.0648. The largest absolute Gasteiger partial charge is 0.334 e. The fourth-order valence-corrected chi connectivity index (χ4v) is 3.32. The van der Waals surface area contributed by atoms with Gasteiger partial charge in [-0.1, -0.05) is 48.5 Å². The van der Waals surface area contributed by atoms with Crippen molar-refractivity contribution in [2.24, 2.45) is 0 Å². The Balaban J connectivity index is 2.23. The van der Waals surface area contributed by atoms with Gasteiger partial charge in [0.05, 0.1) is 15.6 Å². The van der Waals surface area contributed by atoms with E-state index in [2.05, 4.69) is 0 Å². The molecule has 1 aromatic carbocycles. The SMILES string of the molecule is O=C(c1cccc(Cl)c1Cl)N(CCCl)C1CCCCC1. The van der Waals surface area contributed by atoms with Gasteiger partial charge >= 0.3 is 0 Å². The molecule has 0 spiro atoms. The summed E-state index contributed by atoms with van der Waals surface area (Å²) < 4.78 is 0. The molecule has 0 heterocycles. The van der Waals surface area contributed by atoms with Crippen molar-refractivity contribution in [3.05, 3.63) is 33.8 Å². The average Bonchev–Trinajstić information content (AvgIpc) is 2.48. The van der Waals surface area contributed by atoms with Crippen molar-refractivity contribution < 1.29 is 4.79 Å². The number of halogens is 3.